The van der Waals surface area contributed by atoms with Crippen LogP contribution in [0.3, 0.4) is 0 Å². The summed E-state index contributed by atoms with van der Waals surface area (Å²) < 4.78 is 5.32. The van der Waals surface area contributed by atoms with Crippen molar-refractivity contribution in [2.45, 2.75) is 19.9 Å². The van der Waals surface area contributed by atoms with Crippen molar-refractivity contribution >= 4 is 47.1 Å². The van der Waals surface area contributed by atoms with Gasteiger partial charge in [-0.1, -0.05) is 42.5 Å². The highest BCUT2D eigenvalue weighted by atomic mass is 127. The second kappa shape index (κ2) is 11.6. The van der Waals surface area contributed by atoms with Gasteiger partial charge in [0.15, 0.2) is 5.96 Å². The normalized spacial score (nSPS) is 13.8. The molecule has 7 heteroatoms. The zero-order chi connectivity index (χ0) is 20.6. The largest absolute Gasteiger partial charge is 0.495 e. The third-order valence-corrected chi connectivity index (χ3v) is 4.89. The van der Waals surface area contributed by atoms with Crippen LogP contribution in [-0.2, 0) is 11.3 Å². The van der Waals surface area contributed by atoms with E-state index in [-0.39, 0.29) is 29.9 Å². The Balaban J connectivity index is 0.00000320. The van der Waals surface area contributed by atoms with Gasteiger partial charge in [0.05, 0.1) is 12.8 Å². The maximum atomic E-state index is 11.4. The van der Waals surface area contributed by atoms with Crippen molar-refractivity contribution < 1.29 is 9.53 Å². The van der Waals surface area contributed by atoms with Crippen LogP contribution in [0.5, 0.6) is 5.75 Å². The van der Waals surface area contributed by atoms with Gasteiger partial charge in [0, 0.05) is 33.6 Å². The van der Waals surface area contributed by atoms with E-state index in [1.807, 2.05) is 24.3 Å². The van der Waals surface area contributed by atoms with Crippen molar-refractivity contribution in [3.8, 4) is 5.75 Å². The van der Waals surface area contributed by atoms with Crippen LogP contribution in [-0.4, -0.2) is 44.0 Å². The number of methoxy groups -OCH3 is 1. The number of guanidine groups is 1. The highest BCUT2D eigenvalue weighted by Crippen LogP contribution is 2.26. The summed E-state index contributed by atoms with van der Waals surface area (Å²) in [5.74, 6) is 1.38. The fourth-order valence-corrected chi connectivity index (χ4v) is 3.44. The SMILES string of the molecule is CN=C(NCc1ccc(OC)c(NC(C)=O)c1)N1CC=C(c2ccccc2)CC1.I. The minimum atomic E-state index is -0.126. The fourth-order valence-electron chi connectivity index (χ4n) is 3.44. The van der Waals surface area contributed by atoms with Crippen LogP contribution in [0.25, 0.3) is 5.57 Å². The van der Waals surface area contributed by atoms with Crippen molar-refractivity contribution in [3.05, 3.63) is 65.7 Å². The number of rotatable bonds is 5. The molecule has 1 heterocycles. The van der Waals surface area contributed by atoms with Crippen molar-refractivity contribution in [2.75, 3.05) is 32.6 Å². The van der Waals surface area contributed by atoms with Crippen molar-refractivity contribution in [3.63, 3.8) is 0 Å². The lowest BCUT2D eigenvalue weighted by Gasteiger charge is -2.30. The van der Waals surface area contributed by atoms with E-state index in [0.717, 1.165) is 31.0 Å². The molecule has 0 unspecified atom stereocenters. The molecule has 0 aromatic heterocycles. The Morgan fingerprint density at radius 3 is 2.57 bits per heavy atom. The molecule has 160 valence electrons. The molecule has 0 bridgehead atoms. The highest BCUT2D eigenvalue weighted by Gasteiger charge is 2.16. The summed E-state index contributed by atoms with van der Waals surface area (Å²) in [7, 11) is 3.39. The van der Waals surface area contributed by atoms with Gasteiger partial charge < -0.3 is 20.3 Å². The second-order valence-corrected chi connectivity index (χ2v) is 6.91. The first kappa shape index (κ1) is 23.7. The summed E-state index contributed by atoms with van der Waals surface area (Å²) in [4.78, 5) is 18.1. The molecule has 3 rings (SSSR count). The Morgan fingerprint density at radius 1 is 1.20 bits per heavy atom. The summed E-state index contributed by atoms with van der Waals surface area (Å²) in [6.07, 6.45) is 3.26. The van der Waals surface area contributed by atoms with Crippen LogP contribution in [0.1, 0.15) is 24.5 Å². The molecule has 0 atom stereocenters. The van der Waals surface area contributed by atoms with E-state index in [2.05, 4.69) is 50.9 Å². The number of nitrogens with zero attached hydrogens (tertiary/aromatic N) is 2. The fraction of sp³-hybridized carbons (Fsp3) is 0.304. The number of aliphatic imine (C=N–C) groups is 1. The molecule has 0 aliphatic carbocycles. The Kier molecular flexibility index (Phi) is 9.16. The van der Waals surface area contributed by atoms with Crippen molar-refractivity contribution in [2.24, 2.45) is 4.99 Å². The van der Waals surface area contributed by atoms with Crippen molar-refractivity contribution in [1.29, 1.82) is 0 Å². The lowest BCUT2D eigenvalue weighted by atomic mass is 10.00. The molecule has 1 aliphatic rings. The second-order valence-electron chi connectivity index (χ2n) is 6.91. The number of hydrogen-bond acceptors (Lipinski definition) is 3. The Hall–Kier alpha value is -2.55. The Labute approximate surface area is 195 Å². The van der Waals surface area contributed by atoms with Gasteiger partial charge in [0.1, 0.15) is 5.75 Å². The number of hydrogen-bond donors (Lipinski definition) is 2. The van der Waals surface area contributed by atoms with E-state index in [9.17, 15) is 4.79 Å². The molecule has 0 fully saturated rings. The number of carbonyl (C=O) groups is 1. The molecular formula is C23H29IN4O2. The Morgan fingerprint density at radius 2 is 1.97 bits per heavy atom. The maximum absolute atomic E-state index is 11.4. The average Bonchev–Trinajstić information content (AvgIpc) is 2.75. The minimum absolute atomic E-state index is 0. The molecule has 2 N–H and O–H groups in total. The molecule has 1 aliphatic heterocycles. The van der Waals surface area contributed by atoms with Crippen LogP contribution < -0.4 is 15.4 Å². The monoisotopic (exact) mass is 520 g/mol. The lowest BCUT2D eigenvalue weighted by molar-refractivity contribution is -0.114. The predicted octanol–water partition coefficient (Wildman–Crippen LogP) is 4.14. The standard InChI is InChI=1S/C23H28N4O2.HI/c1-17(28)26-21-15-18(9-10-22(21)29-3)16-25-23(24-2)27-13-11-20(12-14-27)19-7-5-4-6-8-19;/h4-11,15H,12-14,16H2,1-3H3,(H,24,25)(H,26,28);1H. The van der Waals surface area contributed by atoms with Crippen LogP contribution in [0.2, 0.25) is 0 Å². The smallest absolute Gasteiger partial charge is 0.221 e. The van der Waals surface area contributed by atoms with E-state index >= 15 is 0 Å². The van der Waals surface area contributed by atoms with Gasteiger partial charge in [-0.2, -0.15) is 0 Å². The van der Waals surface area contributed by atoms with Crippen LogP contribution in [0, 0.1) is 0 Å². The maximum Gasteiger partial charge on any atom is 0.221 e. The third-order valence-electron chi connectivity index (χ3n) is 4.89. The summed E-state index contributed by atoms with van der Waals surface area (Å²) >= 11 is 0. The minimum Gasteiger partial charge on any atom is -0.495 e. The third kappa shape index (κ3) is 6.22. The summed E-state index contributed by atoms with van der Waals surface area (Å²) in [6, 6.07) is 16.3. The molecule has 0 saturated heterocycles. The van der Waals surface area contributed by atoms with E-state index in [1.165, 1.54) is 18.1 Å². The van der Waals surface area contributed by atoms with E-state index < -0.39 is 0 Å². The first-order chi connectivity index (χ1) is 14.1. The zero-order valence-electron chi connectivity index (χ0n) is 17.6. The molecule has 6 nitrogen and oxygen atoms in total. The van der Waals surface area contributed by atoms with Gasteiger partial charge in [-0.05, 0) is 35.3 Å². The van der Waals surface area contributed by atoms with Gasteiger partial charge in [-0.25, -0.2) is 0 Å². The predicted molar refractivity (Wildman–Crippen MR) is 134 cm³/mol. The average molecular weight is 520 g/mol. The van der Waals surface area contributed by atoms with Crippen LogP contribution in [0.4, 0.5) is 5.69 Å². The van der Waals surface area contributed by atoms with Gasteiger partial charge in [0.2, 0.25) is 5.91 Å². The molecule has 30 heavy (non-hydrogen) atoms. The number of nitrogens with one attached hydrogen (secondary N) is 2. The molecule has 2 aromatic rings. The number of carbonyl (C=O) groups excluding carboxylic acids is 1. The number of ether oxygens (including phenoxy) is 1. The molecule has 0 saturated carbocycles. The van der Waals surface area contributed by atoms with Gasteiger partial charge in [0.25, 0.3) is 0 Å². The number of amides is 1. The number of anilines is 1. The van der Waals surface area contributed by atoms with E-state index in [4.69, 9.17) is 4.74 Å². The number of benzene rings is 2. The summed E-state index contributed by atoms with van der Waals surface area (Å²) in [5.41, 5.74) is 4.38. The summed E-state index contributed by atoms with van der Waals surface area (Å²) in [5, 5.41) is 6.23. The molecule has 1 amide bonds. The molecular weight excluding hydrogens is 491 g/mol. The first-order valence-electron chi connectivity index (χ1n) is 9.75. The van der Waals surface area contributed by atoms with Gasteiger partial charge in [-0.3, -0.25) is 9.79 Å². The molecule has 0 radical (unpaired) electrons. The molecule has 2 aromatic carbocycles. The van der Waals surface area contributed by atoms with E-state index in [0.29, 0.717) is 18.0 Å². The quantitative estimate of drug-likeness (QED) is 0.354. The zero-order valence-corrected chi connectivity index (χ0v) is 20.0. The van der Waals surface area contributed by atoms with Gasteiger partial charge >= 0.3 is 0 Å². The Bertz CT molecular complexity index is 913. The van der Waals surface area contributed by atoms with Crippen molar-refractivity contribution in [1.82, 2.24) is 10.2 Å². The lowest BCUT2D eigenvalue weighted by Crippen LogP contribution is -2.43. The summed E-state index contributed by atoms with van der Waals surface area (Å²) in [6.45, 7) is 3.83. The topological polar surface area (TPSA) is 66.0 Å². The first-order valence-corrected chi connectivity index (χ1v) is 9.75. The van der Waals surface area contributed by atoms with Crippen LogP contribution in [0.15, 0.2) is 59.6 Å². The highest BCUT2D eigenvalue weighted by molar-refractivity contribution is 14.0. The van der Waals surface area contributed by atoms with E-state index in [1.54, 1.807) is 14.2 Å². The van der Waals surface area contributed by atoms with Gasteiger partial charge in [-0.15, -0.1) is 24.0 Å². The molecule has 0 spiro atoms. The van der Waals surface area contributed by atoms with Crippen LogP contribution >= 0.6 is 24.0 Å². The number of halogens is 1.